The number of benzene rings is 3. The SMILES string of the molecule is O=C(O)c1ccc(CCc2cc(Cl)cc(Br)c2OCc2cc(F)c(F)cc2F)cc1. The van der Waals surface area contributed by atoms with Crippen LogP contribution in [-0.4, -0.2) is 11.1 Å². The Balaban J connectivity index is 1.78. The first-order valence-corrected chi connectivity index (χ1v) is 9.98. The van der Waals surface area contributed by atoms with Gasteiger partial charge in [0.15, 0.2) is 11.6 Å². The van der Waals surface area contributed by atoms with Crippen LogP contribution in [0.3, 0.4) is 0 Å². The van der Waals surface area contributed by atoms with Crippen LogP contribution < -0.4 is 4.74 Å². The third kappa shape index (κ3) is 5.34. The van der Waals surface area contributed by atoms with Gasteiger partial charge in [-0.25, -0.2) is 18.0 Å². The fraction of sp³-hybridized carbons (Fsp3) is 0.136. The molecule has 156 valence electrons. The van der Waals surface area contributed by atoms with Crippen molar-refractivity contribution in [2.45, 2.75) is 19.4 Å². The van der Waals surface area contributed by atoms with E-state index in [9.17, 15) is 18.0 Å². The fourth-order valence-corrected chi connectivity index (χ4v) is 3.87. The van der Waals surface area contributed by atoms with Crippen LogP contribution in [0.1, 0.15) is 27.0 Å². The molecular weight excluding hydrogens is 485 g/mol. The Morgan fingerprint density at radius 3 is 2.27 bits per heavy atom. The van der Waals surface area contributed by atoms with E-state index in [1.54, 1.807) is 24.3 Å². The molecular formula is C22H15BrClF3O3. The van der Waals surface area contributed by atoms with E-state index in [0.717, 1.165) is 17.2 Å². The van der Waals surface area contributed by atoms with Crippen molar-refractivity contribution in [3.05, 3.63) is 97.7 Å². The monoisotopic (exact) mass is 498 g/mol. The van der Waals surface area contributed by atoms with Gasteiger partial charge in [0.1, 0.15) is 18.2 Å². The largest absolute Gasteiger partial charge is 0.487 e. The minimum absolute atomic E-state index is 0.119. The predicted molar refractivity (Wildman–Crippen MR) is 111 cm³/mol. The molecule has 1 N–H and O–H groups in total. The summed E-state index contributed by atoms with van der Waals surface area (Å²) in [5, 5.41) is 9.44. The van der Waals surface area contributed by atoms with Crippen LogP contribution >= 0.6 is 27.5 Å². The highest BCUT2D eigenvalue weighted by molar-refractivity contribution is 9.10. The van der Waals surface area contributed by atoms with Crippen LogP contribution in [0.15, 0.2) is 53.0 Å². The van der Waals surface area contributed by atoms with Crippen molar-refractivity contribution in [1.29, 1.82) is 0 Å². The summed E-state index contributed by atoms with van der Waals surface area (Å²) in [6.45, 7) is -0.302. The predicted octanol–water partition coefficient (Wildman–Crippen LogP) is 6.58. The average molecular weight is 500 g/mol. The molecule has 8 heteroatoms. The zero-order valence-electron chi connectivity index (χ0n) is 15.4. The van der Waals surface area contributed by atoms with E-state index in [1.165, 1.54) is 12.1 Å². The summed E-state index contributed by atoms with van der Waals surface area (Å²) in [6, 6.07) is 11.0. The normalized spacial score (nSPS) is 10.8. The van der Waals surface area contributed by atoms with E-state index in [-0.39, 0.29) is 17.7 Å². The highest BCUT2D eigenvalue weighted by Gasteiger charge is 2.15. The maximum atomic E-state index is 13.9. The topological polar surface area (TPSA) is 46.5 Å². The second-order valence-corrected chi connectivity index (χ2v) is 7.82. The van der Waals surface area contributed by atoms with Crippen molar-refractivity contribution in [1.82, 2.24) is 0 Å². The van der Waals surface area contributed by atoms with Gasteiger partial charge in [0.05, 0.1) is 10.0 Å². The highest BCUT2D eigenvalue weighted by atomic mass is 79.9. The molecule has 0 saturated heterocycles. The zero-order chi connectivity index (χ0) is 21.8. The van der Waals surface area contributed by atoms with Gasteiger partial charge in [-0.3, -0.25) is 0 Å². The van der Waals surface area contributed by atoms with Crippen molar-refractivity contribution in [2.24, 2.45) is 0 Å². The Kier molecular flexibility index (Phi) is 7.05. The van der Waals surface area contributed by atoms with Crippen LogP contribution in [0.25, 0.3) is 0 Å². The molecule has 0 amide bonds. The molecule has 0 aromatic heterocycles. The lowest BCUT2D eigenvalue weighted by atomic mass is 10.0. The lowest BCUT2D eigenvalue weighted by Crippen LogP contribution is -2.04. The molecule has 0 atom stereocenters. The minimum atomic E-state index is -1.27. The Hall–Kier alpha value is -2.51. The summed E-state index contributed by atoms with van der Waals surface area (Å²) in [5.74, 6) is -3.92. The number of halogens is 5. The van der Waals surface area contributed by atoms with Crippen molar-refractivity contribution in [3.8, 4) is 5.75 Å². The van der Waals surface area contributed by atoms with Gasteiger partial charge >= 0.3 is 5.97 Å². The van der Waals surface area contributed by atoms with E-state index in [2.05, 4.69) is 15.9 Å². The Labute approximate surface area is 184 Å². The summed E-state index contributed by atoms with van der Waals surface area (Å²) in [5.41, 5.74) is 1.71. The second kappa shape index (κ2) is 9.53. The van der Waals surface area contributed by atoms with Crippen molar-refractivity contribution < 1.29 is 27.8 Å². The molecule has 0 aliphatic heterocycles. The van der Waals surface area contributed by atoms with Crippen LogP contribution in [0.2, 0.25) is 5.02 Å². The smallest absolute Gasteiger partial charge is 0.335 e. The summed E-state index contributed by atoms with van der Waals surface area (Å²) >= 11 is 9.50. The second-order valence-electron chi connectivity index (χ2n) is 6.52. The molecule has 0 aliphatic rings. The van der Waals surface area contributed by atoms with Crippen LogP contribution in [0.5, 0.6) is 5.75 Å². The molecule has 3 aromatic rings. The fourth-order valence-electron chi connectivity index (χ4n) is 2.88. The lowest BCUT2D eigenvalue weighted by Gasteiger charge is -2.15. The Bertz CT molecular complexity index is 1090. The van der Waals surface area contributed by atoms with Gasteiger partial charge in [-0.05, 0) is 70.2 Å². The standard InChI is InChI=1S/C22H15BrClF3O3/c23-17-9-16(24)7-14(6-3-12-1-4-13(5-2-12)22(28)29)21(17)30-11-15-8-19(26)20(27)10-18(15)25/h1-2,4-5,7-10H,3,6,11H2,(H,28,29). The first kappa shape index (κ1) is 22.2. The molecule has 0 spiro atoms. The number of aromatic carboxylic acids is 1. The molecule has 30 heavy (non-hydrogen) atoms. The molecule has 3 rings (SSSR count). The van der Waals surface area contributed by atoms with Gasteiger partial charge in [-0.15, -0.1) is 0 Å². The third-order valence-corrected chi connectivity index (χ3v) is 5.24. The van der Waals surface area contributed by atoms with Crippen molar-refractivity contribution in [3.63, 3.8) is 0 Å². The van der Waals surface area contributed by atoms with E-state index >= 15 is 0 Å². The number of rotatable bonds is 7. The first-order chi connectivity index (χ1) is 14.2. The average Bonchev–Trinajstić information content (AvgIpc) is 2.69. The van der Waals surface area contributed by atoms with Crippen molar-refractivity contribution >= 4 is 33.5 Å². The highest BCUT2D eigenvalue weighted by Crippen LogP contribution is 2.34. The van der Waals surface area contributed by atoms with E-state index in [0.29, 0.717) is 34.2 Å². The summed E-state index contributed by atoms with van der Waals surface area (Å²) in [6.07, 6.45) is 1.07. The van der Waals surface area contributed by atoms with Crippen molar-refractivity contribution in [2.75, 3.05) is 0 Å². The molecule has 0 radical (unpaired) electrons. The number of hydrogen-bond acceptors (Lipinski definition) is 2. The van der Waals surface area contributed by atoms with Crippen LogP contribution in [0, 0.1) is 17.5 Å². The quantitative estimate of drug-likeness (QED) is 0.373. The molecule has 0 aliphatic carbocycles. The summed E-state index contributed by atoms with van der Waals surface area (Å²) in [7, 11) is 0. The molecule has 0 fully saturated rings. The van der Waals surface area contributed by atoms with Gasteiger partial charge in [0.25, 0.3) is 0 Å². The summed E-state index contributed by atoms with van der Waals surface area (Å²) < 4.78 is 46.7. The molecule has 3 aromatic carbocycles. The molecule has 3 nitrogen and oxygen atoms in total. The van der Waals surface area contributed by atoms with Gasteiger partial charge in [0.2, 0.25) is 0 Å². The third-order valence-electron chi connectivity index (χ3n) is 4.43. The van der Waals surface area contributed by atoms with E-state index in [1.807, 2.05) is 0 Å². The zero-order valence-corrected chi connectivity index (χ0v) is 17.7. The van der Waals surface area contributed by atoms with Crippen LogP contribution in [0.4, 0.5) is 13.2 Å². The van der Waals surface area contributed by atoms with Gasteiger partial charge < -0.3 is 9.84 Å². The molecule has 0 heterocycles. The van der Waals surface area contributed by atoms with Crippen LogP contribution in [-0.2, 0) is 19.4 Å². The molecule has 0 bridgehead atoms. The summed E-state index contributed by atoms with van der Waals surface area (Å²) in [4.78, 5) is 11.0. The number of aryl methyl sites for hydroxylation is 2. The maximum Gasteiger partial charge on any atom is 0.335 e. The van der Waals surface area contributed by atoms with Gasteiger partial charge in [0, 0.05) is 16.7 Å². The van der Waals surface area contributed by atoms with Gasteiger partial charge in [-0.1, -0.05) is 23.7 Å². The molecule has 0 unspecified atom stereocenters. The van der Waals surface area contributed by atoms with Gasteiger partial charge in [-0.2, -0.15) is 0 Å². The minimum Gasteiger partial charge on any atom is -0.487 e. The Morgan fingerprint density at radius 2 is 1.60 bits per heavy atom. The number of carboxylic acids is 1. The van der Waals surface area contributed by atoms with E-state index in [4.69, 9.17) is 21.4 Å². The number of hydrogen-bond donors (Lipinski definition) is 1. The lowest BCUT2D eigenvalue weighted by molar-refractivity contribution is 0.0697. The molecule has 0 saturated carbocycles. The maximum absolute atomic E-state index is 13.9. The number of ether oxygens (including phenoxy) is 1. The number of carbonyl (C=O) groups is 1. The number of carboxylic acid groups (broad SMARTS) is 1. The van der Waals surface area contributed by atoms with E-state index < -0.39 is 23.4 Å². The first-order valence-electron chi connectivity index (χ1n) is 8.81. The Morgan fingerprint density at radius 1 is 0.933 bits per heavy atom.